The van der Waals surface area contributed by atoms with Crippen LogP contribution in [0.1, 0.15) is 42.5 Å². The summed E-state index contributed by atoms with van der Waals surface area (Å²) < 4.78 is 36.5. The van der Waals surface area contributed by atoms with Crippen LogP contribution in [0.4, 0.5) is 11.4 Å². The van der Waals surface area contributed by atoms with Crippen molar-refractivity contribution in [3.05, 3.63) is 89.5 Å². The van der Waals surface area contributed by atoms with Crippen LogP contribution in [-0.4, -0.2) is 58.6 Å². The van der Waals surface area contributed by atoms with E-state index >= 15 is 0 Å². The van der Waals surface area contributed by atoms with Gasteiger partial charge in [-0.25, -0.2) is 13.1 Å². The monoisotopic (exact) mass is 562 g/mol. The Hall–Kier alpha value is -3.24. The van der Waals surface area contributed by atoms with Crippen molar-refractivity contribution in [2.75, 3.05) is 49.5 Å². The average Bonchev–Trinajstić information content (AvgIpc) is 2.98. The number of anilines is 2. The number of benzene rings is 3. The maximum atomic E-state index is 14.0. The Bertz CT molecular complexity index is 1410. The molecule has 0 saturated carbocycles. The molecule has 1 heterocycles. The first-order valence-electron chi connectivity index (χ1n) is 14.1. The summed E-state index contributed by atoms with van der Waals surface area (Å²) in [6, 6.07) is 22.6. The van der Waals surface area contributed by atoms with E-state index in [2.05, 4.69) is 32.8 Å². The van der Waals surface area contributed by atoms with E-state index in [1.54, 1.807) is 12.1 Å². The molecule has 0 bridgehead atoms. The number of nitrogens with zero attached hydrogens (tertiary/aromatic N) is 2. The predicted octanol–water partition coefficient (Wildman–Crippen LogP) is 4.34. The normalized spacial score (nSPS) is 17.8. The van der Waals surface area contributed by atoms with Gasteiger partial charge in [-0.3, -0.25) is 4.79 Å². The molecule has 2 N–H and O–H groups in total. The number of piperazine rings is 1. The molecule has 0 radical (unpaired) electrons. The highest BCUT2D eigenvalue weighted by molar-refractivity contribution is 7.89. The van der Waals surface area contributed by atoms with Gasteiger partial charge in [0, 0.05) is 37.9 Å². The van der Waals surface area contributed by atoms with Gasteiger partial charge in [0.15, 0.2) is 0 Å². The van der Waals surface area contributed by atoms with E-state index in [9.17, 15) is 13.2 Å². The van der Waals surface area contributed by atoms with Crippen molar-refractivity contribution in [3.8, 4) is 0 Å². The van der Waals surface area contributed by atoms with Crippen LogP contribution in [0.15, 0.2) is 77.7 Å². The first-order valence-corrected chi connectivity index (χ1v) is 15.5. The summed E-state index contributed by atoms with van der Waals surface area (Å²) in [6.07, 6.45) is 2.63. The molecule has 1 aliphatic heterocycles. The fraction of sp³-hybridized carbons (Fsp3) is 0.387. The van der Waals surface area contributed by atoms with Crippen LogP contribution in [-0.2, 0) is 32.6 Å². The molecule has 0 spiro atoms. The van der Waals surface area contributed by atoms with E-state index in [-0.39, 0.29) is 23.5 Å². The standard InChI is InChI=1S/C31H38N4O4S/c1-2-34-17-19-35(20-18-34)29-16-15-26(32-31(36)23-39-22-24-9-4-3-5-10-24)21-30(29)40(37,38)33-28-14-8-12-25-11-6-7-13-27(25)28/h3-7,9-11,13,15-16,21,28,33H,2,8,12,14,17-20,22-23H2,1H3,(H,32,36)/t28-/m1/s1. The molecule has 1 aliphatic carbocycles. The first kappa shape index (κ1) is 28.3. The third-order valence-electron chi connectivity index (χ3n) is 7.70. The molecular weight excluding hydrogens is 524 g/mol. The van der Waals surface area contributed by atoms with Gasteiger partial charge in [-0.2, -0.15) is 0 Å². The Kier molecular flexibility index (Phi) is 9.16. The maximum Gasteiger partial charge on any atom is 0.250 e. The van der Waals surface area contributed by atoms with Crippen molar-refractivity contribution in [3.63, 3.8) is 0 Å². The Balaban J connectivity index is 1.36. The summed E-state index contributed by atoms with van der Waals surface area (Å²) in [7, 11) is -3.90. The predicted molar refractivity (Wildman–Crippen MR) is 158 cm³/mol. The zero-order valence-electron chi connectivity index (χ0n) is 23.0. The van der Waals surface area contributed by atoms with Crippen molar-refractivity contribution in [2.45, 2.75) is 43.7 Å². The molecule has 40 heavy (non-hydrogen) atoms. The molecular formula is C31H38N4O4S. The second-order valence-corrected chi connectivity index (χ2v) is 12.1. The summed E-state index contributed by atoms with van der Waals surface area (Å²) in [4.78, 5) is 17.3. The van der Waals surface area contributed by atoms with Gasteiger partial charge >= 0.3 is 0 Å². The largest absolute Gasteiger partial charge is 0.368 e. The van der Waals surface area contributed by atoms with Gasteiger partial charge < -0.3 is 19.9 Å². The van der Waals surface area contributed by atoms with Gasteiger partial charge in [-0.1, -0.05) is 61.5 Å². The number of hydrogen-bond acceptors (Lipinski definition) is 6. The molecule has 3 aromatic rings. The van der Waals surface area contributed by atoms with Gasteiger partial charge in [0.25, 0.3) is 0 Å². The lowest BCUT2D eigenvalue weighted by atomic mass is 9.88. The molecule has 1 atom stereocenters. The topological polar surface area (TPSA) is 91.0 Å². The van der Waals surface area contributed by atoms with E-state index in [1.807, 2.05) is 54.6 Å². The lowest BCUT2D eigenvalue weighted by molar-refractivity contribution is -0.121. The lowest BCUT2D eigenvalue weighted by Gasteiger charge is -2.36. The highest BCUT2D eigenvalue weighted by Crippen LogP contribution is 2.34. The van der Waals surface area contributed by atoms with Crippen LogP contribution in [0.2, 0.25) is 0 Å². The number of nitrogens with one attached hydrogen (secondary N) is 2. The van der Waals surface area contributed by atoms with Crippen molar-refractivity contribution in [1.82, 2.24) is 9.62 Å². The molecule has 9 heteroatoms. The van der Waals surface area contributed by atoms with Crippen LogP contribution in [0, 0.1) is 0 Å². The fourth-order valence-electron chi connectivity index (χ4n) is 5.53. The lowest BCUT2D eigenvalue weighted by Crippen LogP contribution is -2.46. The molecule has 0 aromatic heterocycles. The Morgan fingerprint density at radius 3 is 2.50 bits per heavy atom. The second-order valence-electron chi connectivity index (χ2n) is 10.4. The number of ether oxygens (including phenoxy) is 1. The minimum Gasteiger partial charge on any atom is -0.368 e. The first-order chi connectivity index (χ1) is 19.4. The number of rotatable bonds is 10. The van der Waals surface area contributed by atoms with E-state index in [0.717, 1.165) is 63.1 Å². The minimum absolute atomic E-state index is 0.130. The summed E-state index contributed by atoms with van der Waals surface area (Å²) in [6.45, 7) is 6.52. The number of fused-ring (bicyclic) bond motifs is 1. The molecule has 1 saturated heterocycles. The summed E-state index contributed by atoms with van der Waals surface area (Å²) in [5.74, 6) is -0.335. The van der Waals surface area contributed by atoms with Crippen LogP contribution >= 0.6 is 0 Å². The molecule has 0 unspecified atom stereocenters. The molecule has 8 nitrogen and oxygen atoms in total. The highest BCUT2D eigenvalue weighted by atomic mass is 32.2. The summed E-state index contributed by atoms with van der Waals surface area (Å²) in [5.41, 5.74) is 4.29. The maximum absolute atomic E-state index is 14.0. The van der Waals surface area contributed by atoms with Crippen molar-refractivity contribution in [1.29, 1.82) is 0 Å². The number of carbonyl (C=O) groups excluding carboxylic acids is 1. The van der Waals surface area contributed by atoms with Gasteiger partial charge in [-0.15, -0.1) is 0 Å². The van der Waals surface area contributed by atoms with Crippen molar-refractivity contribution in [2.24, 2.45) is 0 Å². The summed E-state index contributed by atoms with van der Waals surface area (Å²) in [5, 5.41) is 2.82. The van der Waals surface area contributed by atoms with Gasteiger partial charge in [0.2, 0.25) is 15.9 Å². The van der Waals surface area contributed by atoms with E-state index in [1.165, 1.54) is 5.56 Å². The van der Waals surface area contributed by atoms with Crippen molar-refractivity contribution < 1.29 is 17.9 Å². The Morgan fingerprint density at radius 1 is 0.975 bits per heavy atom. The molecule has 2 aliphatic rings. The number of sulfonamides is 1. The van der Waals surface area contributed by atoms with Gasteiger partial charge in [0.1, 0.15) is 11.5 Å². The van der Waals surface area contributed by atoms with E-state index < -0.39 is 10.0 Å². The summed E-state index contributed by atoms with van der Waals surface area (Å²) >= 11 is 0. The third kappa shape index (κ3) is 6.90. The zero-order chi connectivity index (χ0) is 28.0. The number of aryl methyl sites for hydroxylation is 1. The molecule has 1 fully saturated rings. The van der Waals surface area contributed by atoms with Crippen LogP contribution in [0.5, 0.6) is 0 Å². The zero-order valence-corrected chi connectivity index (χ0v) is 23.8. The van der Waals surface area contributed by atoms with E-state index in [4.69, 9.17) is 4.74 Å². The van der Waals surface area contributed by atoms with Gasteiger partial charge in [-0.05, 0) is 60.7 Å². The smallest absolute Gasteiger partial charge is 0.250 e. The van der Waals surface area contributed by atoms with Crippen LogP contribution in [0.3, 0.4) is 0 Å². The van der Waals surface area contributed by atoms with Crippen LogP contribution < -0.4 is 14.9 Å². The quantitative estimate of drug-likeness (QED) is 0.382. The van der Waals surface area contributed by atoms with Crippen molar-refractivity contribution >= 4 is 27.3 Å². The number of carbonyl (C=O) groups is 1. The molecule has 212 valence electrons. The van der Waals surface area contributed by atoms with Gasteiger partial charge in [0.05, 0.1) is 12.3 Å². The molecule has 1 amide bonds. The van der Waals surface area contributed by atoms with Crippen LogP contribution in [0.25, 0.3) is 0 Å². The SMILES string of the molecule is CCN1CCN(c2ccc(NC(=O)COCc3ccccc3)cc2S(=O)(=O)N[C@@H]2CCCc3ccccc32)CC1. The molecule has 5 rings (SSSR count). The third-order valence-corrected chi connectivity index (χ3v) is 9.21. The number of amides is 1. The fourth-order valence-corrected chi connectivity index (χ4v) is 7.03. The highest BCUT2D eigenvalue weighted by Gasteiger charge is 2.30. The Labute approximate surface area is 237 Å². The minimum atomic E-state index is -3.90. The average molecular weight is 563 g/mol. The Morgan fingerprint density at radius 2 is 1.73 bits per heavy atom. The van der Waals surface area contributed by atoms with E-state index in [0.29, 0.717) is 18.0 Å². The molecule has 3 aromatic carbocycles. The number of likely N-dealkylation sites (N-methyl/N-ethyl adjacent to an activating group) is 1. The second kappa shape index (κ2) is 13.0. The number of hydrogen-bond donors (Lipinski definition) is 2.